The molecule has 3 nitrogen and oxygen atoms in total. The van der Waals surface area contributed by atoms with Crippen LogP contribution in [0.1, 0.15) is 12.8 Å². The van der Waals surface area contributed by atoms with E-state index in [2.05, 4.69) is 5.32 Å². The van der Waals surface area contributed by atoms with Gasteiger partial charge in [0.1, 0.15) is 0 Å². The lowest BCUT2D eigenvalue weighted by Gasteiger charge is -2.02. The minimum atomic E-state index is 0.809. The second-order valence-corrected chi connectivity index (χ2v) is 2.42. The van der Waals surface area contributed by atoms with Gasteiger partial charge < -0.3 is 14.8 Å². The molecule has 0 aromatic rings. The van der Waals surface area contributed by atoms with Gasteiger partial charge in [0, 0.05) is 26.9 Å². The molecule has 0 spiro atoms. The molecule has 0 aromatic carbocycles. The number of rotatable bonds is 8. The third kappa shape index (κ3) is 9.88. The Balaban J connectivity index is 2.69. The monoisotopic (exact) mass is 161 g/mol. The van der Waals surface area contributed by atoms with Crippen molar-refractivity contribution in [2.75, 3.05) is 40.5 Å². The fraction of sp³-hybridized carbons (Fsp3) is 1.00. The largest absolute Gasteiger partial charge is 0.385 e. The zero-order chi connectivity index (χ0) is 8.36. The van der Waals surface area contributed by atoms with Crippen molar-refractivity contribution in [2.24, 2.45) is 0 Å². The lowest BCUT2D eigenvalue weighted by molar-refractivity contribution is 0.121. The highest BCUT2D eigenvalue weighted by Gasteiger charge is 1.87. The van der Waals surface area contributed by atoms with Crippen LogP contribution in [0.3, 0.4) is 0 Å². The highest BCUT2D eigenvalue weighted by atomic mass is 16.5. The summed E-state index contributed by atoms with van der Waals surface area (Å²) in [7, 11) is 3.65. The quantitative estimate of drug-likeness (QED) is 0.530. The predicted molar refractivity (Wildman–Crippen MR) is 45.9 cm³/mol. The van der Waals surface area contributed by atoms with Crippen molar-refractivity contribution >= 4 is 0 Å². The van der Waals surface area contributed by atoms with E-state index in [0.717, 1.165) is 39.2 Å². The molecular formula is C8H19NO2. The maximum absolute atomic E-state index is 5.30. The maximum Gasteiger partial charge on any atom is 0.0590 e. The fourth-order valence-corrected chi connectivity index (χ4v) is 0.727. The highest BCUT2D eigenvalue weighted by molar-refractivity contribution is 4.39. The molecule has 0 atom stereocenters. The van der Waals surface area contributed by atoms with Gasteiger partial charge in [-0.05, 0) is 19.9 Å². The second kappa shape index (κ2) is 9.88. The van der Waals surface area contributed by atoms with Gasteiger partial charge in [-0.15, -0.1) is 0 Å². The summed E-state index contributed by atoms with van der Waals surface area (Å²) in [5.74, 6) is 0. The number of unbranched alkanes of at least 4 members (excludes halogenated alkanes) is 1. The first-order valence-corrected chi connectivity index (χ1v) is 4.13. The molecule has 0 bridgehead atoms. The highest BCUT2D eigenvalue weighted by Crippen LogP contribution is 1.89. The number of likely N-dealkylation sites (N-methyl/N-ethyl adjacent to an activating group) is 1. The van der Waals surface area contributed by atoms with Gasteiger partial charge in [0.15, 0.2) is 0 Å². The number of hydrogen-bond acceptors (Lipinski definition) is 3. The summed E-state index contributed by atoms with van der Waals surface area (Å²) in [6, 6.07) is 0. The Morgan fingerprint density at radius 2 is 1.82 bits per heavy atom. The SMILES string of the molecule is CNCCOCCCCOC. The van der Waals surface area contributed by atoms with E-state index >= 15 is 0 Å². The van der Waals surface area contributed by atoms with E-state index in [4.69, 9.17) is 9.47 Å². The summed E-state index contributed by atoms with van der Waals surface area (Å²) in [4.78, 5) is 0. The summed E-state index contributed by atoms with van der Waals surface area (Å²) in [5, 5.41) is 3.02. The van der Waals surface area contributed by atoms with Crippen molar-refractivity contribution < 1.29 is 9.47 Å². The van der Waals surface area contributed by atoms with Crippen molar-refractivity contribution in [1.29, 1.82) is 0 Å². The molecule has 0 saturated heterocycles. The van der Waals surface area contributed by atoms with Crippen molar-refractivity contribution in [3.63, 3.8) is 0 Å². The average Bonchev–Trinajstić information content (AvgIpc) is 2.03. The third-order valence-electron chi connectivity index (χ3n) is 1.38. The summed E-state index contributed by atoms with van der Waals surface area (Å²) in [5.41, 5.74) is 0. The lowest BCUT2D eigenvalue weighted by atomic mass is 10.3. The average molecular weight is 161 g/mol. The van der Waals surface area contributed by atoms with Crippen LogP contribution in [0.2, 0.25) is 0 Å². The molecule has 0 aliphatic carbocycles. The molecule has 0 rings (SSSR count). The van der Waals surface area contributed by atoms with Crippen LogP contribution in [0.4, 0.5) is 0 Å². The first-order valence-electron chi connectivity index (χ1n) is 4.13. The van der Waals surface area contributed by atoms with Gasteiger partial charge in [-0.3, -0.25) is 0 Å². The summed E-state index contributed by atoms with van der Waals surface area (Å²) in [6.45, 7) is 3.44. The first kappa shape index (κ1) is 10.9. The minimum absolute atomic E-state index is 0.809. The Bertz CT molecular complexity index is 61.1. The van der Waals surface area contributed by atoms with Crippen LogP contribution >= 0.6 is 0 Å². The van der Waals surface area contributed by atoms with Gasteiger partial charge in [-0.2, -0.15) is 0 Å². The van der Waals surface area contributed by atoms with E-state index < -0.39 is 0 Å². The maximum atomic E-state index is 5.30. The Hall–Kier alpha value is -0.120. The molecule has 0 unspecified atom stereocenters. The molecule has 0 heterocycles. The molecule has 1 N–H and O–H groups in total. The molecule has 3 heteroatoms. The molecule has 0 saturated carbocycles. The Kier molecular flexibility index (Phi) is 9.77. The first-order chi connectivity index (χ1) is 5.41. The topological polar surface area (TPSA) is 30.5 Å². The van der Waals surface area contributed by atoms with Gasteiger partial charge >= 0.3 is 0 Å². The van der Waals surface area contributed by atoms with Crippen LogP contribution in [0.15, 0.2) is 0 Å². The molecule has 0 radical (unpaired) electrons. The molecule has 0 aliphatic rings. The van der Waals surface area contributed by atoms with Crippen LogP contribution < -0.4 is 5.32 Å². The molecular weight excluding hydrogens is 142 g/mol. The molecule has 0 fully saturated rings. The van der Waals surface area contributed by atoms with E-state index in [1.54, 1.807) is 7.11 Å². The van der Waals surface area contributed by atoms with Crippen molar-refractivity contribution in [1.82, 2.24) is 5.32 Å². The number of methoxy groups -OCH3 is 1. The van der Waals surface area contributed by atoms with Crippen molar-refractivity contribution in [3.05, 3.63) is 0 Å². The summed E-state index contributed by atoms with van der Waals surface area (Å²) < 4.78 is 10.2. The minimum Gasteiger partial charge on any atom is -0.385 e. The van der Waals surface area contributed by atoms with Crippen LogP contribution in [0.5, 0.6) is 0 Å². The Morgan fingerprint density at radius 3 is 2.45 bits per heavy atom. The van der Waals surface area contributed by atoms with E-state index in [0.29, 0.717) is 0 Å². The van der Waals surface area contributed by atoms with E-state index in [-0.39, 0.29) is 0 Å². The van der Waals surface area contributed by atoms with Gasteiger partial charge in [0.05, 0.1) is 6.61 Å². The van der Waals surface area contributed by atoms with Crippen LogP contribution in [-0.2, 0) is 9.47 Å². The second-order valence-electron chi connectivity index (χ2n) is 2.42. The Labute approximate surface area is 69.1 Å². The lowest BCUT2D eigenvalue weighted by Crippen LogP contribution is -2.14. The van der Waals surface area contributed by atoms with Gasteiger partial charge in [-0.1, -0.05) is 0 Å². The predicted octanol–water partition coefficient (Wildman–Crippen LogP) is 0.649. The van der Waals surface area contributed by atoms with Gasteiger partial charge in [-0.25, -0.2) is 0 Å². The smallest absolute Gasteiger partial charge is 0.0590 e. The van der Waals surface area contributed by atoms with Crippen LogP contribution in [0, 0.1) is 0 Å². The van der Waals surface area contributed by atoms with Crippen molar-refractivity contribution in [2.45, 2.75) is 12.8 Å². The number of nitrogens with one attached hydrogen (secondary N) is 1. The van der Waals surface area contributed by atoms with Gasteiger partial charge in [0.2, 0.25) is 0 Å². The third-order valence-corrected chi connectivity index (χ3v) is 1.38. The molecule has 11 heavy (non-hydrogen) atoms. The summed E-state index contributed by atoms with van der Waals surface area (Å²) in [6.07, 6.45) is 2.19. The summed E-state index contributed by atoms with van der Waals surface area (Å²) >= 11 is 0. The van der Waals surface area contributed by atoms with E-state index in [1.807, 2.05) is 7.05 Å². The normalized spacial score (nSPS) is 10.4. The molecule has 68 valence electrons. The van der Waals surface area contributed by atoms with E-state index in [9.17, 15) is 0 Å². The fourth-order valence-electron chi connectivity index (χ4n) is 0.727. The standard InChI is InChI=1S/C8H19NO2/c1-9-5-8-11-7-4-3-6-10-2/h9H,3-8H2,1-2H3. The zero-order valence-electron chi connectivity index (χ0n) is 7.56. The molecule has 0 aliphatic heterocycles. The van der Waals surface area contributed by atoms with Crippen LogP contribution in [0.25, 0.3) is 0 Å². The van der Waals surface area contributed by atoms with Crippen molar-refractivity contribution in [3.8, 4) is 0 Å². The Morgan fingerprint density at radius 1 is 1.09 bits per heavy atom. The van der Waals surface area contributed by atoms with Crippen LogP contribution in [-0.4, -0.2) is 40.5 Å². The van der Waals surface area contributed by atoms with Gasteiger partial charge in [0.25, 0.3) is 0 Å². The number of ether oxygens (including phenoxy) is 2. The molecule has 0 amide bonds. The van der Waals surface area contributed by atoms with E-state index in [1.165, 1.54) is 0 Å². The molecule has 0 aromatic heterocycles. The number of hydrogen-bond donors (Lipinski definition) is 1. The zero-order valence-corrected chi connectivity index (χ0v) is 7.56.